The number of benzene rings is 2. The number of halogens is 1. The van der Waals surface area contributed by atoms with Gasteiger partial charge in [0.25, 0.3) is 0 Å². The normalized spacial score (nSPS) is 18.3. The van der Waals surface area contributed by atoms with Gasteiger partial charge in [0.15, 0.2) is 0 Å². The van der Waals surface area contributed by atoms with Gasteiger partial charge in [-0.2, -0.15) is 0 Å². The van der Waals surface area contributed by atoms with Gasteiger partial charge in [-0.15, -0.1) is 0 Å². The molecule has 1 N–H and O–H groups in total. The Morgan fingerprint density at radius 1 is 1.04 bits per heavy atom. The predicted octanol–water partition coefficient (Wildman–Crippen LogP) is 3.64. The Kier molecular flexibility index (Phi) is 4.61. The van der Waals surface area contributed by atoms with Crippen LogP contribution in [0.15, 0.2) is 47.5 Å². The molecule has 0 bridgehead atoms. The van der Waals surface area contributed by atoms with E-state index in [1.165, 1.54) is 6.07 Å². The van der Waals surface area contributed by atoms with Crippen LogP contribution in [0, 0.1) is 5.82 Å². The zero-order valence-electron chi connectivity index (χ0n) is 15.2. The summed E-state index contributed by atoms with van der Waals surface area (Å²) in [5.74, 6) is 0.617. The van der Waals surface area contributed by atoms with Crippen LogP contribution in [-0.4, -0.2) is 55.5 Å². The van der Waals surface area contributed by atoms with Crippen molar-refractivity contribution >= 4 is 28.6 Å². The van der Waals surface area contributed by atoms with Crippen LogP contribution in [0.2, 0.25) is 0 Å². The number of piperazine rings is 1. The second-order valence-electron chi connectivity index (χ2n) is 6.91. The molecule has 2 aliphatic rings. The highest BCUT2D eigenvalue weighted by molar-refractivity contribution is 6.10. The number of hydrogen-bond acceptors (Lipinski definition) is 4. The molecule has 1 fully saturated rings. The van der Waals surface area contributed by atoms with Gasteiger partial charge in [0.2, 0.25) is 0 Å². The highest BCUT2D eigenvalue weighted by atomic mass is 19.1. The largest absolute Gasteiger partial charge is 0.352 e. The Labute approximate surface area is 153 Å². The average Bonchev–Trinajstić information content (AvgIpc) is 2.65. The quantitative estimate of drug-likeness (QED) is 0.660. The number of anilines is 4. The molecule has 0 saturated carbocycles. The van der Waals surface area contributed by atoms with Crippen LogP contribution >= 0.6 is 0 Å². The van der Waals surface area contributed by atoms with Gasteiger partial charge in [-0.05, 0) is 38.2 Å². The van der Waals surface area contributed by atoms with Crippen molar-refractivity contribution < 1.29 is 4.39 Å². The van der Waals surface area contributed by atoms with Crippen LogP contribution in [0.5, 0.6) is 0 Å². The number of nitrogens with zero attached hydrogens (tertiary/aromatic N) is 4. The van der Waals surface area contributed by atoms with Gasteiger partial charge in [-0.3, -0.25) is 14.8 Å². The van der Waals surface area contributed by atoms with E-state index in [0.29, 0.717) is 6.67 Å². The van der Waals surface area contributed by atoms with Crippen molar-refractivity contribution in [3.8, 4) is 0 Å². The summed E-state index contributed by atoms with van der Waals surface area (Å²) in [6, 6.07) is 12.9. The van der Waals surface area contributed by atoms with Crippen LogP contribution in [0.1, 0.15) is 6.92 Å². The number of nitrogens with one attached hydrogen (secondary N) is 1. The molecule has 4 rings (SSSR count). The van der Waals surface area contributed by atoms with Gasteiger partial charge < -0.3 is 10.2 Å². The van der Waals surface area contributed by atoms with Gasteiger partial charge in [0, 0.05) is 32.2 Å². The minimum Gasteiger partial charge on any atom is -0.352 e. The Balaban J connectivity index is 1.64. The lowest BCUT2D eigenvalue weighted by Gasteiger charge is -2.34. The maximum absolute atomic E-state index is 13.9. The molecule has 6 heteroatoms. The van der Waals surface area contributed by atoms with E-state index in [2.05, 4.69) is 22.2 Å². The van der Waals surface area contributed by atoms with Gasteiger partial charge in [-0.1, -0.05) is 12.1 Å². The number of amidine groups is 1. The van der Waals surface area contributed by atoms with E-state index >= 15 is 0 Å². The van der Waals surface area contributed by atoms with Crippen molar-refractivity contribution in [3.05, 3.63) is 48.3 Å². The molecule has 0 radical (unpaired) electrons. The molecule has 2 aromatic carbocycles. The third-order valence-electron chi connectivity index (χ3n) is 5.03. The second-order valence-corrected chi connectivity index (χ2v) is 6.91. The molecule has 2 aliphatic heterocycles. The Morgan fingerprint density at radius 2 is 1.77 bits per heavy atom. The van der Waals surface area contributed by atoms with Crippen LogP contribution in [0.25, 0.3) is 0 Å². The van der Waals surface area contributed by atoms with Crippen LogP contribution in [-0.2, 0) is 0 Å². The minimum atomic E-state index is -0.248. The lowest BCUT2D eigenvalue weighted by atomic mass is 10.1. The van der Waals surface area contributed by atoms with Crippen molar-refractivity contribution in [1.82, 2.24) is 9.80 Å². The third kappa shape index (κ3) is 3.30. The number of likely N-dealkylation sites (N-methyl/N-ethyl adjacent to an activating group) is 1. The Hall–Kier alpha value is -2.44. The van der Waals surface area contributed by atoms with Crippen LogP contribution in [0.3, 0.4) is 0 Å². The molecule has 2 heterocycles. The fourth-order valence-corrected chi connectivity index (χ4v) is 3.46. The number of hydrogen-bond donors (Lipinski definition) is 1. The summed E-state index contributed by atoms with van der Waals surface area (Å²) < 4.78 is 13.9. The molecule has 26 heavy (non-hydrogen) atoms. The first-order valence-corrected chi connectivity index (χ1v) is 8.99. The maximum atomic E-state index is 13.9. The van der Waals surface area contributed by atoms with Gasteiger partial charge in [0.05, 0.1) is 29.4 Å². The van der Waals surface area contributed by atoms with E-state index in [1.54, 1.807) is 12.1 Å². The molecule has 0 amide bonds. The van der Waals surface area contributed by atoms with E-state index in [4.69, 9.17) is 4.99 Å². The van der Waals surface area contributed by atoms with Crippen molar-refractivity contribution in [3.63, 3.8) is 0 Å². The summed E-state index contributed by atoms with van der Waals surface area (Å²) in [5.41, 5.74) is 3.67. The summed E-state index contributed by atoms with van der Waals surface area (Å²) in [4.78, 5) is 11.5. The molecule has 0 atom stereocenters. The Bertz CT molecular complexity index is 827. The van der Waals surface area contributed by atoms with Crippen LogP contribution in [0.4, 0.5) is 27.1 Å². The summed E-state index contributed by atoms with van der Waals surface area (Å²) in [6.07, 6.45) is 0. The SMILES string of the molecule is CC(=NCN1CCN(C)CC1)N1c2ccccc2Nc2ccc(F)cc21. The van der Waals surface area contributed by atoms with E-state index in [9.17, 15) is 4.39 Å². The molecule has 136 valence electrons. The summed E-state index contributed by atoms with van der Waals surface area (Å²) in [5, 5.41) is 3.38. The van der Waals surface area contributed by atoms with E-state index in [-0.39, 0.29) is 5.82 Å². The van der Waals surface area contributed by atoms with Crippen molar-refractivity contribution in [2.75, 3.05) is 50.1 Å². The van der Waals surface area contributed by atoms with Gasteiger partial charge >= 0.3 is 0 Å². The second kappa shape index (κ2) is 7.05. The molecular formula is C20H24FN5. The van der Waals surface area contributed by atoms with Gasteiger partial charge in [0.1, 0.15) is 11.7 Å². The number of aliphatic imine (C=N–C) groups is 1. The van der Waals surface area contributed by atoms with Crippen molar-refractivity contribution in [2.24, 2.45) is 4.99 Å². The topological polar surface area (TPSA) is 34.1 Å². The zero-order valence-corrected chi connectivity index (χ0v) is 15.2. The van der Waals surface area contributed by atoms with E-state index < -0.39 is 0 Å². The molecule has 1 saturated heterocycles. The number of fused-ring (bicyclic) bond motifs is 2. The fraction of sp³-hybridized carbons (Fsp3) is 0.350. The maximum Gasteiger partial charge on any atom is 0.125 e. The molecule has 2 aromatic rings. The molecular weight excluding hydrogens is 329 g/mol. The molecule has 0 spiro atoms. The molecule has 5 nitrogen and oxygen atoms in total. The minimum absolute atomic E-state index is 0.248. The smallest absolute Gasteiger partial charge is 0.125 e. The van der Waals surface area contributed by atoms with Crippen molar-refractivity contribution in [1.29, 1.82) is 0 Å². The lowest BCUT2D eigenvalue weighted by molar-refractivity contribution is 0.158. The highest BCUT2D eigenvalue weighted by Gasteiger charge is 2.25. The molecule has 0 aliphatic carbocycles. The monoisotopic (exact) mass is 353 g/mol. The summed E-state index contributed by atoms with van der Waals surface area (Å²) >= 11 is 0. The standard InChI is InChI=1S/C20H24FN5/c1-15(22-14-25-11-9-24(2)10-12-25)26-19-6-4-3-5-17(19)23-18-8-7-16(21)13-20(18)26/h3-8,13,23H,9-12,14H2,1-2H3. The lowest BCUT2D eigenvalue weighted by Crippen LogP contribution is -2.44. The average molecular weight is 353 g/mol. The Morgan fingerprint density at radius 3 is 2.58 bits per heavy atom. The van der Waals surface area contributed by atoms with E-state index in [1.807, 2.05) is 36.1 Å². The van der Waals surface area contributed by atoms with E-state index in [0.717, 1.165) is 54.8 Å². The predicted molar refractivity (Wildman–Crippen MR) is 105 cm³/mol. The van der Waals surface area contributed by atoms with Gasteiger partial charge in [-0.25, -0.2) is 4.39 Å². The van der Waals surface area contributed by atoms with Crippen LogP contribution < -0.4 is 10.2 Å². The van der Waals surface area contributed by atoms with Crippen molar-refractivity contribution in [2.45, 2.75) is 6.92 Å². The molecule has 0 aromatic heterocycles. The third-order valence-corrected chi connectivity index (χ3v) is 5.03. The number of rotatable bonds is 2. The summed E-state index contributed by atoms with van der Waals surface area (Å²) in [7, 11) is 2.15. The zero-order chi connectivity index (χ0) is 18.1. The number of para-hydroxylation sites is 2. The first kappa shape index (κ1) is 17.0. The first-order chi connectivity index (χ1) is 12.6. The molecule has 0 unspecified atom stereocenters. The highest BCUT2D eigenvalue weighted by Crippen LogP contribution is 2.43. The first-order valence-electron chi connectivity index (χ1n) is 8.99. The summed E-state index contributed by atoms with van der Waals surface area (Å²) in [6.45, 7) is 6.84. The fourth-order valence-electron chi connectivity index (χ4n) is 3.46.